The molecular weight excluding hydrogens is 380 g/mol. The van der Waals surface area contributed by atoms with E-state index in [2.05, 4.69) is 5.32 Å². The average Bonchev–Trinajstić information content (AvgIpc) is 3.17. The summed E-state index contributed by atoms with van der Waals surface area (Å²) in [5.41, 5.74) is 1.39. The fraction of sp³-hybridized carbons (Fsp3) is 0.250. The van der Waals surface area contributed by atoms with Gasteiger partial charge in [0.15, 0.2) is 0 Å². The number of amides is 1. The van der Waals surface area contributed by atoms with Crippen molar-refractivity contribution in [1.82, 2.24) is 4.57 Å². The first kappa shape index (κ1) is 17.8. The molecule has 2 heterocycles. The molecule has 0 aromatic heterocycles. The first-order valence-corrected chi connectivity index (χ1v) is 10.6. The van der Waals surface area contributed by atoms with Gasteiger partial charge in [0.2, 0.25) is 0 Å². The Hall–Kier alpha value is -1.97. The molecule has 0 saturated carbocycles. The molecule has 2 aliphatic rings. The van der Waals surface area contributed by atoms with Crippen LogP contribution in [-0.4, -0.2) is 29.8 Å². The van der Waals surface area contributed by atoms with E-state index >= 15 is 0 Å². The molecular formula is C16H16N2O4S3. The van der Waals surface area contributed by atoms with Crippen LogP contribution in [0.15, 0.2) is 28.4 Å². The van der Waals surface area contributed by atoms with Gasteiger partial charge in [0.1, 0.15) is 17.2 Å². The molecule has 0 spiro atoms. The predicted octanol–water partition coefficient (Wildman–Crippen LogP) is 4.37. The van der Waals surface area contributed by atoms with Crippen LogP contribution < -0.4 is 20.3 Å². The van der Waals surface area contributed by atoms with Crippen molar-refractivity contribution in [3.8, 4) is 27.8 Å². The molecule has 0 fully saturated rings. The van der Waals surface area contributed by atoms with Crippen molar-refractivity contribution in [3.63, 3.8) is 0 Å². The quantitative estimate of drug-likeness (QED) is 0.649. The number of nitrogens with one attached hydrogen (secondary N) is 1. The molecule has 9 heteroatoms. The van der Waals surface area contributed by atoms with Crippen molar-refractivity contribution in [2.24, 2.45) is 0 Å². The number of hydrogen-bond acceptors (Lipinski definition) is 7. The van der Waals surface area contributed by atoms with Crippen LogP contribution in [-0.2, 0) is 0 Å². The zero-order valence-electron chi connectivity index (χ0n) is 13.8. The second-order valence-corrected chi connectivity index (χ2v) is 8.23. The average molecular weight is 397 g/mol. The van der Waals surface area contributed by atoms with Crippen molar-refractivity contribution >= 4 is 43.4 Å². The molecule has 6 nitrogen and oxygen atoms in total. The fourth-order valence-electron chi connectivity index (χ4n) is 2.44. The van der Waals surface area contributed by atoms with Gasteiger partial charge in [-0.1, -0.05) is 39.4 Å². The van der Waals surface area contributed by atoms with Crippen molar-refractivity contribution in [2.75, 3.05) is 25.3 Å². The summed E-state index contributed by atoms with van der Waals surface area (Å²) in [6.45, 7) is 1.89. The van der Waals surface area contributed by atoms with Crippen LogP contribution in [0.5, 0.6) is 11.5 Å². The van der Waals surface area contributed by atoms with Gasteiger partial charge in [-0.3, -0.25) is 14.2 Å². The Kier molecular flexibility index (Phi) is 5.36. The summed E-state index contributed by atoms with van der Waals surface area (Å²) in [6.07, 6.45) is 0. The fourth-order valence-corrected chi connectivity index (χ4v) is 5.08. The van der Waals surface area contributed by atoms with Gasteiger partial charge < -0.3 is 14.8 Å². The summed E-state index contributed by atoms with van der Waals surface area (Å²) in [7, 11) is 6.08. The highest BCUT2D eigenvalue weighted by molar-refractivity contribution is 8.13. The molecule has 0 radical (unpaired) electrons. The Bertz CT molecular complexity index is 928. The van der Waals surface area contributed by atoms with Crippen LogP contribution in [0.3, 0.4) is 0 Å². The summed E-state index contributed by atoms with van der Waals surface area (Å²) >= 11 is 1.13. The maximum absolute atomic E-state index is 13.0. The molecule has 1 aromatic rings. The van der Waals surface area contributed by atoms with Gasteiger partial charge >= 0.3 is 0 Å². The third-order valence-electron chi connectivity index (χ3n) is 3.54. The van der Waals surface area contributed by atoms with E-state index in [9.17, 15) is 9.59 Å². The second-order valence-electron chi connectivity index (χ2n) is 4.91. The third kappa shape index (κ3) is 3.26. The topological polar surface area (TPSA) is 69.6 Å². The first-order valence-electron chi connectivity index (χ1n) is 7.39. The first-order chi connectivity index (χ1) is 12.1. The molecule has 2 aliphatic heterocycles. The van der Waals surface area contributed by atoms with Gasteiger partial charge in [0.25, 0.3) is 10.8 Å². The minimum absolute atomic E-state index is 0.237. The summed E-state index contributed by atoms with van der Waals surface area (Å²) < 4.78 is 12.2. The van der Waals surface area contributed by atoms with Crippen LogP contribution in [0.1, 0.15) is 6.92 Å². The SMILES string of the molecule is CCSC(=O)Nc1c2sscc-2n(-c2ccc(OC)cc2OC)c1=O. The van der Waals surface area contributed by atoms with Crippen LogP contribution >= 0.6 is 32.4 Å². The van der Waals surface area contributed by atoms with Gasteiger partial charge in [-0.25, -0.2) is 0 Å². The Labute approximate surface area is 156 Å². The van der Waals surface area contributed by atoms with Gasteiger partial charge in [0.05, 0.1) is 30.5 Å². The van der Waals surface area contributed by atoms with E-state index in [1.807, 2.05) is 12.3 Å². The highest BCUT2D eigenvalue weighted by atomic mass is 32.9. The molecule has 132 valence electrons. The molecule has 0 saturated heterocycles. The van der Waals surface area contributed by atoms with Crippen LogP contribution in [0.2, 0.25) is 0 Å². The van der Waals surface area contributed by atoms with E-state index in [-0.39, 0.29) is 10.8 Å². The number of nitrogens with zero attached hydrogens (tertiary/aromatic N) is 1. The van der Waals surface area contributed by atoms with Crippen LogP contribution in [0, 0.1) is 0 Å². The minimum Gasteiger partial charge on any atom is -0.497 e. The van der Waals surface area contributed by atoms with Gasteiger partial charge in [-0.2, -0.15) is 0 Å². The van der Waals surface area contributed by atoms with Crippen LogP contribution in [0.4, 0.5) is 10.5 Å². The van der Waals surface area contributed by atoms with E-state index in [0.29, 0.717) is 28.6 Å². The summed E-state index contributed by atoms with van der Waals surface area (Å²) in [5.74, 6) is 1.80. The Morgan fingerprint density at radius 3 is 2.80 bits per heavy atom. The number of ether oxygens (including phenoxy) is 2. The van der Waals surface area contributed by atoms with E-state index < -0.39 is 0 Å². The van der Waals surface area contributed by atoms with E-state index in [1.54, 1.807) is 37.0 Å². The number of benzene rings is 1. The molecule has 0 bridgehead atoms. The minimum atomic E-state index is -0.275. The van der Waals surface area contributed by atoms with Gasteiger partial charge in [-0.05, 0) is 17.9 Å². The van der Waals surface area contributed by atoms with Gasteiger partial charge in [-0.15, -0.1) is 0 Å². The molecule has 25 heavy (non-hydrogen) atoms. The van der Waals surface area contributed by atoms with Crippen molar-refractivity contribution in [3.05, 3.63) is 33.9 Å². The largest absolute Gasteiger partial charge is 0.497 e. The number of rotatable bonds is 5. The normalized spacial score (nSPS) is 10.8. The number of anilines is 1. The summed E-state index contributed by atoms with van der Waals surface area (Å²) in [5, 5.41) is 4.39. The molecule has 0 aliphatic carbocycles. The molecule has 1 aromatic carbocycles. The Morgan fingerprint density at radius 1 is 1.32 bits per heavy atom. The van der Waals surface area contributed by atoms with E-state index in [4.69, 9.17) is 9.47 Å². The van der Waals surface area contributed by atoms with E-state index in [1.165, 1.54) is 20.7 Å². The number of thioether (sulfide) groups is 1. The highest BCUT2D eigenvalue weighted by Gasteiger charge is 2.26. The lowest BCUT2D eigenvalue weighted by Gasteiger charge is -2.11. The molecule has 1 amide bonds. The van der Waals surface area contributed by atoms with Crippen molar-refractivity contribution in [1.29, 1.82) is 0 Å². The number of carbonyl (C=O) groups excluding carboxylic acids is 1. The molecule has 0 atom stereocenters. The lowest BCUT2D eigenvalue weighted by molar-refractivity contribution is 0.270. The standard InChI is InChI=1S/C16H16N2O4S3/c1-4-23-16(20)17-13-14-11(8-24-25-14)18(15(13)19)10-6-5-9(21-2)7-12(10)22-3/h5-8H,4H2,1-3H3,(H,17,20). The Morgan fingerprint density at radius 2 is 2.12 bits per heavy atom. The maximum atomic E-state index is 13.0. The number of aromatic nitrogens is 1. The second kappa shape index (κ2) is 7.51. The third-order valence-corrected chi connectivity index (χ3v) is 6.26. The number of carbonyl (C=O) groups is 1. The highest BCUT2D eigenvalue weighted by Crippen LogP contribution is 2.41. The van der Waals surface area contributed by atoms with Crippen LogP contribution in [0.25, 0.3) is 16.3 Å². The maximum Gasteiger partial charge on any atom is 0.283 e. The smallest absolute Gasteiger partial charge is 0.283 e. The van der Waals surface area contributed by atoms with Crippen molar-refractivity contribution < 1.29 is 14.3 Å². The summed E-state index contributed by atoms with van der Waals surface area (Å²) in [6, 6.07) is 5.26. The molecule has 3 rings (SSSR count). The monoisotopic (exact) mass is 396 g/mol. The van der Waals surface area contributed by atoms with E-state index in [0.717, 1.165) is 22.3 Å². The number of fused-ring (bicyclic) bond motifs is 1. The summed E-state index contributed by atoms with van der Waals surface area (Å²) in [4.78, 5) is 25.7. The van der Waals surface area contributed by atoms with Crippen molar-refractivity contribution in [2.45, 2.75) is 6.92 Å². The predicted molar refractivity (Wildman–Crippen MR) is 105 cm³/mol. The Balaban J connectivity index is 2.15. The molecule has 1 N–H and O–H groups in total. The zero-order valence-corrected chi connectivity index (χ0v) is 16.3. The molecule has 0 unspecified atom stereocenters. The zero-order chi connectivity index (χ0) is 18.0. The lowest BCUT2D eigenvalue weighted by atomic mass is 10.2. The van der Waals surface area contributed by atoms with Gasteiger partial charge in [0, 0.05) is 11.4 Å². The lowest BCUT2D eigenvalue weighted by Crippen LogP contribution is -2.18. The number of hydrogen-bond donors (Lipinski definition) is 1. The number of methoxy groups -OCH3 is 2.